The first-order valence-electron chi connectivity index (χ1n) is 14.9. The number of carbonyl (C=O) groups excluding carboxylic acids is 4. The van der Waals surface area contributed by atoms with Crippen LogP contribution in [0.25, 0.3) is 0 Å². The fraction of sp³-hybridized carbons (Fsp3) is 0.677. The summed E-state index contributed by atoms with van der Waals surface area (Å²) in [6.45, 7) is 15.0. The highest BCUT2D eigenvalue weighted by molar-refractivity contribution is 7.98. The molecule has 0 fully saturated rings. The van der Waals surface area contributed by atoms with Gasteiger partial charge in [0.2, 0.25) is 17.7 Å². The fourth-order valence-corrected chi connectivity index (χ4v) is 4.46. The third kappa shape index (κ3) is 16.6. The molecule has 0 saturated carbocycles. The number of alkyl carbamates (subject to hydrolysis) is 1. The molecule has 0 spiro atoms. The number of aliphatic hydroxyl groups excluding tert-OH is 1. The summed E-state index contributed by atoms with van der Waals surface area (Å²) < 4.78 is 5.14. The van der Waals surface area contributed by atoms with Gasteiger partial charge in [0.25, 0.3) is 0 Å². The van der Waals surface area contributed by atoms with E-state index in [1.54, 1.807) is 39.5 Å². The Labute approximate surface area is 256 Å². The Morgan fingerprint density at radius 2 is 1.48 bits per heavy atom. The van der Waals surface area contributed by atoms with Gasteiger partial charge in [0.15, 0.2) is 0 Å². The molecule has 1 aromatic carbocycles. The Balaban J connectivity index is 0.00000821. The Morgan fingerprint density at radius 3 is 2.02 bits per heavy atom. The minimum Gasteiger partial charge on any atom is -0.447 e. The van der Waals surface area contributed by atoms with E-state index in [-0.39, 0.29) is 24.3 Å². The normalized spacial score (nSPS) is 14.4. The van der Waals surface area contributed by atoms with E-state index in [4.69, 9.17) is 4.74 Å². The predicted octanol–water partition coefficient (Wildman–Crippen LogP) is 4.01. The molecule has 42 heavy (non-hydrogen) atoms. The molecule has 5 atom stereocenters. The minimum absolute atomic E-state index is 0.0811. The van der Waals surface area contributed by atoms with Gasteiger partial charge in [-0.15, -0.1) is 0 Å². The summed E-state index contributed by atoms with van der Waals surface area (Å²) in [6.07, 6.45) is 1.05. The molecule has 0 heterocycles. The molecular weight excluding hydrogens is 556 g/mol. The van der Waals surface area contributed by atoms with Crippen LogP contribution in [-0.2, 0) is 25.7 Å². The molecule has 11 heteroatoms. The van der Waals surface area contributed by atoms with E-state index in [1.165, 1.54) is 0 Å². The zero-order valence-corrected chi connectivity index (χ0v) is 27.7. The van der Waals surface area contributed by atoms with Gasteiger partial charge in [-0.3, -0.25) is 14.4 Å². The number of nitrogens with one attached hydrogen (secondary N) is 4. The van der Waals surface area contributed by atoms with Gasteiger partial charge in [0, 0.05) is 12.5 Å². The Hall–Kier alpha value is -2.79. The molecular formula is C31H54N4O6S. The average molecular weight is 611 g/mol. The maximum Gasteiger partial charge on any atom is 0.407 e. The second-order valence-corrected chi connectivity index (χ2v) is 11.8. The molecule has 0 aromatic heterocycles. The maximum atomic E-state index is 12.9. The largest absolute Gasteiger partial charge is 0.447 e. The van der Waals surface area contributed by atoms with Gasteiger partial charge in [0.1, 0.15) is 12.1 Å². The van der Waals surface area contributed by atoms with Crippen LogP contribution in [0.1, 0.15) is 80.2 Å². The van der Waals surface area contributed by atoms with Crippen molar-refractivity contribution in [1.29, 1.82) is 0 Å². The number of ether oxygens (including phenoxy) is 1. The topological polar surface area (TPSA) is 146 Å². The molecule has 0 radical (unpaired) electrons. The van der Waals surface area contributed by atoms with E-state index in [0.29, 0.717) is 25.1 Å². The molecule has 1 aromatic rings. The van der Waals surface area contributed by atoms with Gasteiger partial charge < -0.3 is 31.1 Å². The Morgan fingerprint density at radius 1 is 0.857 bits per heavy atom. The van der Waals surface area contributed by atoms with E-state index in [2.05, 4.69) is 21.3 Å². The lowest BCUT2D eigenvalue weighted by Crippen LogP contribution is -2.53. The zero-order chi connectivity index (χ0) is 32.2. The number of amides is 4. The summed E-state index contributed by atoms with van der Waals surface area (Å²) >= 11 is 1.57. The second-order valence-electron chi connectivity index (χ2n) is 10.8. The minimum atomic E-state index is -0.990. The van der Waals surface area contributed by atoms with Gasteiger partial charge >= 0.3 is 6.09 Å². The monoisotopic (exact) mass is 610 g/mol. The third-order valence-electron chi connectivity index (χ3n) is 6.18. The average Bonchev–Trinajstić information content (AvgIpc) is 2.94. The van der Waals surface area contributed by atoms with E-state index in [9.17, 15) is 24.3 Å². The van der Waals surface area contributed by atoms with E-state index in [1.807, 2.05) is 64.3 Å². The van der Waals surface area contributed by atoms with Crippen molar-refractivity contribution in [3.8, 4) is 0 Å². The number of benzene rings is 1. The van der Waals surface area contributed by atoms with Crippen LogP contribution >= 0.6 is 11.8 Å². The van der Waals surface area contributed by atoms with E-state index < -0.39 is 48.1 Å². The van der Waals surface area contributed by atoms with Crippen LogP contribution in [0.15, 0.2) is 30.3 Å². The van der Waals surface area contributed by atoms with Crippen LogP contribution in [0, 0.1) is 11.8 Å². The van der Waals surface area contributed by atoms with Crippen molar-refractivity contribution in [3.63, 3.8) is 0 Å². The Bertz CT molecular complexity index is 931. The van der Waals surface area contributed by atoms with Crippen LogP contribution in [0.2, 0.25) is 0 Å². The summed E-state index contributed by atoms with van der Waals surface area (Å²) in [6, 6.07) is 7.27. The molecule has 4 amide bonds. The fourth-order valence-electron chi connectivity index (χ4n) is 3.98. The third-order valence-corrected chi connectivity index (χ3v) is 6.83. The quantitative estimate of drug-likeness (QED) is 0.179. The first-order chi connectivity index (χ1) is 19.8. The molecule has 0 saturated heterocycles. The summed E-state index contributed by atoms with van der Waals surface area (Å²) in [5.41, 5.74) is 0.949. The maximum absolute atomic E-state index is 12.9. The number of aliphatic hydroxyl groups is 1. The summed E-state index contributed by atoms with van der Waals surface area (Å²) in [5.74, 6) is -0.946. The van der Waals surface area contributed by atoms with Crippen molar-refractivity contribution < 1.29 is 29.0 Å². The SMILES string of the molecule is CC.CSCCC(NC(=O)[C@H](C)NC(=O)[C@H](C)C[C@H](O)[C@H](CC(C)C)NC(=O)OC(C)C)C(=O)NCc1ccccc1. The molecule has 1 rings (SSSR count). The summed E-state index contributed by atoms with van der Waals surface area (Å²) in [5, 5.41) is 21.8. The van der Waals surface area contributed by atoms with Crippen molar-refractivity contribution in [2.45, 2.75) is 112 Å². The molecule has 0 aliphatic carbocycles. The van der Waals surface area contributed by atoms with Gasteiger partial charge in [-0.25, -0.2) is 4.79 Å². The van der Waals surface area contributed by atoms with Crippen LogP contribution in [0.3, 0.4) is 0 Å². The predicted molar refractivity (Wildman–Crippen MR) is 170 cm³/mol. The first-order valence-corrected chi connectivity index (χ1v) is 16.3. The van der Waals surface area contributed by atoms with Crippen molar-refractivity contribution in [2.24, 2.45) is 11.8 Å². The molecule has 0 aliphatic heterocycles. The summed E-state index contributed by atoms with van der Waals surface area (Å²) in [7, 11) is 0. The Kier molecular flexibility index (Phi) is 20.4. The van der Waals surface area contributed by atoms with Gasteiger partial charge in [0.05, 0.1) is 18.2 Å². The van der Waals surface area contributed by atoms with Gasteiger partial charge in [-0.1, -0.05) is 65.0 Å². The standard InChI is InChI=1S/C29H48N4O6S.C2H6/c1-18(2)15-24(33-29(38)39-19(3)4)25(34)16-20(5)26(35)31-21(6)27(36)32-23(13-14-40-7)28(37)30-17-22-11-9-8-10-12-22;1-2/h8-12,18-21,23-25,34H,13-17H2,1-7H3,(H,30,37)(H,31,35)(H,32,36)(H,33,38);1-2H3/t20-,21+,23?,24+,25+;/m1./s1. The van der Waals surface area contributed by atoms with Crippen molar-refractivity contribution in [2.75, 3.05) is 12.0 Å². The lowest BCUT2D eigenvalue weighted by atomic mass is 9.92. The van der Waals surface area contributed by atoms with Crippen molar-refractivity contribution in [1.82, 2.24) is 21.3 Å². The highest BCUT2D eigenvalue weighted by Crippen LogP contribution is 2.16. The molecule has 1 unspecified atom stereocenters. The molecule has 0 bridgehead atoms. The molecule has 10 nitrogen and oxygen atoms in total. The number of hydrogen-bond donors (Lipinski definition) is 5. The summed E-state index contributed by atoms with van der Waals surface area (Å²) in [4.78, 5) is 50.7. The highest BCUT2D eigenvalue weighted by atomic mass is 32.2. The number of thioether (sulfide) groups is 1. The second kappa shape index (κ2) is 21.8. The first kappa shape index (κ1) is 39.2. The number of carbonyl (C=O) groups is 4. The highest BCUT2D eigenvalue weighted by Gasteiger charge is 2.29. The molecule has 0 aliphatic rings. The lowest BCUT2D eigenvalue weighted by molar-refractivity contribution is -0.133. The van der Waals surface area contributed by atoms with Crippen molar-refractivity contribution in [3.05, 3.63) is 35.9 Å². The van der Waals surface area contributed by atoms with Crippen LogP contribution < -0.4 is 21.3 Å². The number of hydrogen-bond acceptors (Lipinski definition) is 7. The molecule has 240 valence electrons. The van der Waals surface area contributed by atoms with Gasteiger partial charge in [-0.05, 0) is 63.5 Å². The van der Waals surface area contributed by atoms with Crippen LogP contribution in [0.4, 0.5) is 4.79 Å². The van der Waals surface area contributed by atoms with E-state index >= 15 is 0 Å². The lowest BCUT2D eigenvalue weighted by Gasteiger charge is -2.28. The van der Waals surface area contributed by atoms with Gasteiger partial charge in [-0.2, -0.15) is 11.8 Å². The van der Waals surface area contributed by atoms with E-state index in [0.717, 1.165) is 5.56 Å². The smallest absolute Gasteiger partial charge is 0.407 e. The number of rotatable bonds is 17. The van der Waals surface area contributed by atoms with Crippen LogP contribution in [-0.4, -0.2) is 71.3 Å². The van der Waals surface area contributed by atoms with Crippen LogP contribution in [0.5, 0.6) is 0 Å². The molecule has 5 N–H and O–H groups in total. The zero-order valence-electron chi connectivity index (χ0n) is 26.9. The van der Waals surface area contributed by atoms with Crippen molar-refractivity contribution >= 4 is 35.6 Å².